The first kappa shape index (κ1) is 17.0. The predicted octanol–water partition coefficient (Wildman–Crippen LogP) is 3.72. The van der Waals surface area contributed by atoms with E-state index in [0.717, 1.165) is 16.3 Å². The van der Waals surface area contributed by atoms with Crippen molar-refractivity contribution in [2.45, 2.75) is 13.5 Å². The fourth-order valence-electron chi connectivity index (χ4n) is 2.39. The summed E-state index contributed by atoms with van der Waals surface area (Å²) in [5, 5.41) is 5.44. The summed E-state index contributed by atoms with van der Waals surface area (Å²) in [6.45, 7) is 1.83. The summed E-state index contributed by atoms with van der Waals surface area (Å²) >= 11 is 1.50. The lowest BCUT2D eigenvalue weighted by molar-refractivity contribution is -0.119. The summed E-state index contributed by atoms with van der Waals surface area (Å²) in [5.41, 5.74) is 1.60. The van der Waals surface area contributed by atoms with E-state index in [1.165, 1.54) is 18.3 Å². The number of hydrogen-bond donors (Lipinski definition) is 1. The number of carbonyl (C=O) groups excluding carboxylic acids is 1. The van der Waals surface area contributed by atoms with Crippen LogP contribution < -0.4 is 14.8 Å². The van der Waals surface area contributed by atoms with E-state index in [4.69, 9.17) is 13.9 Å². The van der Waals surface area contributed by atoms with Crippen LogP contribution in [0.25, 0.3) is 22.0 Å². The second-order valence-electron chi connectivity index (χ2n) is 5.25. The summed E-state index contributed by atoms with van der Waals surface area (Å²) in [4.78, 5) is 15.6. The lowest BCUT2D eigenvalue weighted by Crippen LogP contribution is -2.18. The minimum atomic E-state index is -0.0981. The SMILES string of the molecule is COc1cccc(-c2nc(-c3ccc(CNC(C)=O)o3)cs2)c1OC. The Morgan fingerprint density at radius 1 is 1.24 bits per heavy atom. The number of methoxy groups -OCH3 is 2. The summed E-state index contributed by atoms with van der Waals surface area (Å²) in [6, 6.07) is 9.36. The Balaban J connectivity index is 1.87. The first-order chi connectivity index (χ1) is 12.1. The van der Waals surface area contributed by atoms with Crippen LogP contribution in [0.15, 0.2) is 40.1 Å². The zero-order valence-corrected chi connectivity index (χ0v) is 15.0. The predicted molar refractivity (Wildman–Crippen MR) is 95.9 cm³/mol. The molecule has 0 saturated heterocycles. The van der Waals surface area contributed by atoms with E-state index in [-0.39, 0.29) is 5.91 Å². The van der Waals surface area contributed by atoms with Crippen LogP contribution in [0, 0.1) is 0 Å². The van der Waals surface area contributed by atoms with Gasteiger partial charge in [0.25, 0.3) is 0 Å². The summed E-state index contributed by atoms with van der Waals surface area (Å²) < 4.78 is 16.6. The quantitative estimate of drug-likeness (QED) is 0.727. The molecule has 0 spiro atoms. The van der Waals surface area contributed by atoms with Crippen molar-refractivity contribution in [1.29, 1.82) is 0 Å². The van der Waals surface area contributed by atoms with Gasteiger partial charge in [0.1, 0.15) is 16.5 Å². The molecule has 2 aromatic heterocycles. The number of nitrogens with one attached hydrogen (secondary N) is 1. The molecule has 0 bridgehead atoms. The van der Waals surface area contributed by atoms with Gasteiger partial charge in [0.2, 0.25) is 5.91 Å². The highest BCUT2D eigenvalue weighted by atomic mass is 32.1. The lowest BCUT2D eigenvalue weighted by Gasteiger charge is -2.10. The van der Waals surface area contributed by atoms with Gasteiger partial charge in [-0.3, -0.25) is 4.79 Å². The number of thiazole rings is 1. The molecule has 0 unspecified atom stereocenters. The number of amides is 1. The molecule has 0 aliphatic heterocycles. The molecule has 0 saturated carbocycles. The van der Waals surface area contributed by atoms with Gasteiger partial charge in [-0.1, -0.05) is 6.07 Å². The molecular formula is C18H18N2O4S. The number of aromatic nitrogens is 1. The monoisotopic (exact) mass is 358 g/mol. The minimum Gasteiger partial charge on any atom is -0.493 e. The van der Waals surface area contributed by atoms with Crippen LogP contribution in [0.1, 0.15) is 12.7 Å². The Morgan fingerprint density at radius 2 is 2.08 bits per heavy atom. The van der Waals surface area contributed by atoms with Crippen LogP contribution in [-0.2, 0) is 11.3 Å². The van der Waals surface area contributed by atoms with E-state index in [9.17, 15) is 4.79 Å². The van der Waals surface area contributed by atoms with Crippen LogP contribution in [-0.4, -0.2) is 25.1 Å². The molecule has 1 aromatic carbocycles. The highest BCUT2D eigenvalue weighted by Crippen LogP contribution is 2.40. The van der Waals surface area contributed by atoms with E-state index < -0.39 is 0 Å². The second kappa shape index (κ2) is 7.40. The number of rotatable bonds is 6. The molecule has 2 heterocycles. The highest BCUT2D eigenvalue weighted by Gasteiger charge is 2.16. The van der Waals surface area contributed by atoms with Crippen molar-refractivity contribution in [2.75, 3.05) is 14.2 Å². The largest absolute Gasteiger partial charge is 0.493 e. The Hall–Kier alpha value is -2.80. The average Bonchev–Trinajstić information content (AvgIpc) is 3.28. The molecule has 0 aliphatic carbocycles. The molecule has 3 rings (SSSR count). The van der Waals surface area contributed by atoms with Gasteiger partial charge in [0, 0.05) is 12.3 Å². The van der Waals surface area contributed by atoms with Gasteiger partial charge >= 0.3 is 0 Å². The topological polar surface area (TPSA) is 73.6 Å². The van der Waals surface area contributed by atoms with Crippen molar-refractivity contribution in [3.05, 3.63) is 41.5 Å². The fourth-order valence-corrected chi connectivity index (χ4v) is 3.22. The molecule has 130 valence electrons. The van der Waals surface area contributed by atoms with Gasteiger partial charge < -0.3 is 19.2 Å². The molecule has 0 atom stereocenters. The molecule has 0 aliphatic rings. The van der Waals surface area contributed by atoms with Gasteiger partial charge in [0.15, 0.2) is 17.3 Å². The molecule has 1 N–H and O–H groups in total. The molecule has 25 heavy (non-hydrogen) atoms. The number of para-hydroxylation sites is 1. The maximum Gasteiger partial charge on any atom is 0.217 e. The molecular weight excluding hydrogens is 340 g/mol. The third kappa shape index (κ3) is 3.66. The molecule has 3 aromatic rings. The van der Waals surface area contributed by atoms with Gasteiger partial charge in [-0.15, -0.1) is 11.3 Å². The third-order valence-corrected chi connectivity index (χ3v) is 4.44. The Morgan fingerprint density at radius 3 is 2.80 bits per heavy atom. The zero-order valence-electron chi connectivity index (χ0n) is 14.2. The Bertz CT molecular complexity index is 885. The summed E-state index contributed by atoms with van der Waals surface area (Å²) in [5.74, 6) is 2.55. The van der Waals surface area contributed by atoms with Crippen LogP contribution >= 0.6 is 11.3 Å². The number of furan rings is 1. The average molecular weight is 358 g/mol. The smallest absolute Gasteiger partial charge is 0.217 e. The van der Waals surface area contributed by atoms with Crippen LogP contribution in [0.4, 0.5) is 0 Å². The van der Waals surface area contributed by atoms with Crippen LogP contribution in [0.5, 0.6) is 11.5 Å². The number of carbonyl (C=O) groups is 1. The van der Waals surface area contributed by atoms with Crippen LogP contribution in [0.3, 0.4) is 0 Å². The van der Waals surface area contributed by atoms with Gasteiger partial charge in [0.05, 0.1) is 26.3 Å². The second-order valence-corrected chi connectivity index (χ2v) is 6.11. The van der Waals surface area contributed by atoms with Crippen molar-refractivity contribution in [3.8, 4) is 33.5 Å². The van der Waals surface area contributed by atoms with Gasteiger partial charge in [-0.05, 0) is 24.3 Å². The zero-order chi connectivity index (χ0) is 17.8. The van der Waals surface area contributed by atoms with Crippen molar-refractivity contribution in [1.82, 2.24) is 10.3 Å². The Labute approximate surface area is 149 Å². The number of benzene rings is 1. The van der Waals surface area contributed by atoms with Gasteiger partial charge in [-0.25, -0.2) is 4.98 Å². The van der Waals surface area contributed by atoms with E-state index >= 15 is 0 Å². The van der Waals surface area contributed by atoms with Gasteiger partial charge in [-0.2, -0.15) is 0 Å². The van der Waals surface area contributed by atoms with Crippen LogP contribution in [0.2, 0.25) is 0 Å². The normalized spacial score (nSPS) is 10.5. The standard InChI is InChI=1S/C18H18N2O4S/c1-11(21)19-9-12-7-8-15(24-12)14-10-25-18(20-14)13-5-4-6-16(22-2)17(13)23-3/h4-8,10H,9H2,1-3H3,(H,19,21). The molecule has 0 radical (unpaired) electrons. The van der Waals surface area contributed by atoms with E-state index in [0.29, 0.717) is 29.6 Å². The van der Waals surface area contributed by atoms with E-state index in [1.807, 2.05) is 35.7 Å². The van der Waals surface area contributed by atoms with Crippen molar-refractivity contribution in [3.63, 3.8) is 0 Å². The molecule has 6 nitrogen and oxygen atoms in total. The van der Waals surface area contributed by atoms with Crippen molar-refractivity contribution >= 4 is 17.2 Å². The molecule has 0 fully saturated rings. The molecule has 1 amide bonds. The van der Waals surface area contributed by atoms with E-state index in [2.05, 4.69) is 10.3 Å². The van der Waals surface area contributed by atoms with Crippen molar-refractivity contribution in [2.24, 2.45) is 0 Å². The first-order valence-electron chi connectivity index (χ1n) is 7.62. The maximum atomic E-state index is 11.0. The maximum absolute atomic E-state index is 11.0. The summed E-state index contributed by atoms with van der Waals surface area (Å²) in [6.07, 6.45) is 0. The Kier molecular flexibility index (Phi) is 5.04. The molecule has 7 heteroatoms. The number of ether oxygens (including phenoxy) is 2. The number of hydrogen-bond acceptors (Lipinski definition) is 6. The first-order valence-corrected chi connectivity index (χ1v) is 8.50. The minimum absolute atomic E-state index is 0.0981. The van der Waals surface area contributed by atoms with Crippen molar-refractivity contribution < 1.29 is 18.7 Å². The highest BCUT2D eigenvalue weighted by molar-refractivity contribution is 7.13. The third-order valence-electron chi connectivity index (χ3n) is 3.56. The number of nitrogens with zero attached hydrogens (tertiary/aromatic N) is 1. The fraction of sp³-hybridized carbons (Fsp3) is 0.222. The van der Waals surface area contributed by atoms with E-state index in [1.54, 1.807) is 14.2 Å². The summed E-state index contributed by atoms with van der Waals surface area (Å²) in [7, 11) is 3.21. The lowest BCUT2D eigenvalue weighted by atomic mass is 10.2.